The molecule has 0 nitrogen and oxygen atoms in total. The second kappa shape index (κ2) is 12.1. The van der Waals surface area contributed by atoms with Gasteiger partial charge >= 0.3 is 0 Å². The van der Waals surface area contributed by atoms with Crippen LogP contribution in [-0.4, -0.2) is 0 Å². The monoisotopic (exact) mass is 706 g/mol. The fourth-order valence-corrected chi connectivity index (χ4v) is 9.75. The summed E-state index contributed by atoms with van der Waals surface area (Å²) < 4.78 is 0. The maximum Gasteiger partial charge on any atom is -0.00206 e. The van der Waals surface area contributed by atoms with Crippen molar-refractivity contribution in [2.45, 2.75) is 0 Å². The summed E-state index contributed by atoms with van der Waals surface area (Å²) in [6, 6.07) is 76.7. The van der Waals surface area contributed by atoms with Gasteiger partial charge in [-0.15, -0.1) is 0 Å². The predicted molar refractivity (Wildman–Crippen MR) is 241 cm³/mol. The zero-order valence-electron chi connectivity index (χ0n) is 30.6. The molecule has 0 unspecified atom stereocenters. The van der Waals surface area contributed by atoms with E-state index in [-0.39, 0.29) is 0 Å². The van der Waals surface area contributed by atoms with Gasteiger partial charge in [0.15, 0.2) is 0 Å². The molecule has 12 aromatic rings. The van der Waals surface area contributed by atoms with Crippen molar-refractivity contribution in [3.05, 3.63) is 206 Å². The van der Waals surface area contributed by atoms with Crippen molar-refractivity contribution in [1.29, 1.82) is 0 Å². The Balaban J connectivity index is 1.06. The summed E-state index contributed by atoms with van der Waals surface area (Å²) in [5.74, 6) is 0. The van der Waals surface area contributed by atoms with Crippen molar-refractivity contribution in [2.24, 2.45) is 0 Å². The van der Waals surface area contributed by atoms with E-state index in [0.29, 0.717) is 0 Å². The van der Waals surface area contributed by atoms with E-state index in [1.54, 1.807) is 0 Å². The Morgan fingerprint density at radius 3 is 0.679 bits per heavy atom. The quantitative estimate of drug-likeness (QED) is 0.156. The van der Waals surface area contributed by atoms with Crippen molar-refractivity contribution in [3.8, 4) is 55.6 Å². The first-order chi connectivity index (χ1) is 27.8. The first kappa shape index (κ1) is 31.1. The Morgan fingerprint density at radius 2 is 0.375 bits per heavy atom. The molecule has 0 aliphatic heterocycles. The third-order valence-corrected chi connectivity index (χ3v) is 12.2. The van der Waals surface area contributed by atoms with Crippen molar-refractivity contribution < 1.29 is 0 Å². The highest BCUT2D eigenvalue weighted by Gasteiger charge is 2.20. The molecule has 0 saturated heterocycles. The molecule has 0 bridgehead atoms. The van der Waals surface area contributed by atoms with E-state index in [9.17, 15) is 0 Å². The molecular weight excluding hydrogens is 673 g/mol. The molecule has 0 saturated carbocycles. The summed E-state index contributed by atoms with van der Waals surface area (Å²) in [6.45, 7) is 0. The minimum atomic E-state index is 1.22. The molecule has 0 amide bonds. The van der Waals surface area contributed by atoms with Gasteiger partial charge in [0.25, 0.3) is 0 Å². The molecule has 12 aromatic carbocycles. The van der Waals surface area contributed by atoms with E-state index in [1.807, 2.05) is 0 Å². The van der Waals surface area contributed by atoms with E-state index in [1.165, 1.54) is 120 Å². The van der Waals surface area contributed by atoms with Crippen molar-refractivity contribution in [3.63, 3.8) is 0 Å². The predicted octanol–water partition coefficient (Wildman–Crippen LogP) is 15.8. The lowest BCUT2D eigenvalue weighted by molar-refractivity contribution is 1.55. The molecule has 12 rings (SSSR count). The fraction of sp³-hybridized carbons (Fsp3) is 0. The molecule has 0 heteroatoms. The van der Waals surface area contributed by atoms with Gasteiger partial charge in [-0.3, -0.25) is 0 Å². The molecule has 0 aromatic heterocycles. The topological polar surface area (TPSA) is 0 Å². The average Bonchev–Trinajstić information content (AvgIpc) is 3.27. The molecule has 258 valence electrons. The van der Waals surface area contributed by atoms with Gasteiger partial charge in [0, 0.05) is 0 Å². The van der Waals surface area contributed by atoms with Gasteiger partial charge in [0.05, 0.1) is 0 Å². The third-order valence-electron chi connectivity index (χ3n) is 12.2. The summed E-state index contributed by atoms with van der Waals surface area (Å²) in [7, 11) is 0. The number of hydrogen-bond acceptors (Lipinski definition) is 0. The smallest absolute Gasteiger partial charge is 0.00206 e. The molecule has 0 spiro atoms. The molecular formula is C56H34. The van der Waals surface area contributed by atoms with Gasteiger partial charge in [-0.25, -0.2) is 0 Å². The molecule has 0 heterocycles. The number of rotatable bonds is 5. The molecule has 0 aliphatic rings. The summed E-state index contributed by atoms with van der Waals surface area (Å²) in [5, 5.41) is 15.7. The molecule has 0 aliphatic carbocycles. The van der Waals surface area contributed by atoms with Crippen molar-refractivity contribution in [1.82, 2.24) is 0 Å². The largest absolute Gasteiger partial charge is 0.0616 e. The normalized spacial score (nSPS) is 11.9. The van der Waals surface area contributed by atoms with Gasteiger partial charge in [-0.2, -0.15) is 0 Å². The standard InChI is InChI=1S/C56H34/c1-3-17-43(45-19-5-7-21-47(45)49-31-27-39-25-23-35-11-9-13-37-29-33-51(49)55(39)53(35)37)41(15-1)42-16-2-4-18-44(42)46-20-6-8-22-48(46)50-32-28-40-26-24-36-12-10-14-38-30-34-52(50)56(40)54(36)38/h1-34H. The van der Waals surface area contributed by atoms with Crippen LogP contribution in [0.4, 0.5) is 0 Å². The van der Waals surface area contributed by atoms with Crippen LogP contribution < -0.4 is 0 Å². The van der Waals surface area contributed by atoms with E-state index in [0.717, 1.165) is 0 Å². The van der Waals surface area contributed by atoms with Crippen LogP contribution in [-0.2, 0) is 0 Å². The maximum atomic E-state index is 2.33. The molecule has 0 N–H and O–H groups in total. The number of benzene rings is 12. The Hall–Kier alpha value is -7.28. The Morgan fingerprint density at radius 1 is 0.143 bits per heavy atom. The lowest BCUT2D eigenvalue weighted by atomic mass is 9.83. The van der Waals surface area contributed by atoms with E-state index in [4.69, 9.17) is 0 Å². The van der Waals surface area contributed by atoms with Crippen LogP contribution in [0.25, 0.3) is 120 Å². The summed E-state index contributed by atoms with van der Waals surface area (Å²) in [6.07, 6.45) is 0. The van der Waals surface area contributed by atoms with E-state index < -0.39 is 0 Å². The second-order valence-electron chi connectivity index (χ2n) is 15.1. The highest BCUT2D eigenvalue weighted by atomic mass is 14.2. The Kier molecular flexibility index (Phi) is 6.73. The van der Waals surface area contributed by atoms with Crippen LogP contribution in [0.2, 0.25) is 0 Å². The van der Waals surface area contributed by atoms with Crippen LogP contribution in [0.15, 0.2) is 206 Å². The summed E-state index contributed by atoms with van der Waals surface area (Å²) in [4.78, 5) is 0. The van der Waals surface area contributed by atoms with Crippen LogP contribution in [0.3, 0.4) is 0 Å². The fourth-order valence-electron chi connectivity index (χ4n) is 9.75. The minimum Gasteiger partial charge on any atom is -0.0616 e. The summed E-state index contributed by atoms with van der Waals surface area (Å²) in [5.41, 5.74) is 12.3. The average molecular weight is 707 g/mol. The minimum absolute atomic E-state index is 1.22. The Labute approximate surface area is 325 Å². The van der Waals surface area contributed by atoms with E-state index in [2.05, 4.69) is 206 Å². The van der Waals surface area contributed by atoms with Gasteiger partial charge < -0.3 is 0 Å². The Bertz CT molecular complexity index is 3210. The SMILES string of the molecule is c1ccc(-c2ccccc2-c2ccc3ccc4cccc5ccc2c3c45)c(-c2ccccc2-c2ccccc2-c2ccc3ccc4cccc5ccc2c3c45)c1. The second-order valence-corrected chi connectivity index (χ2v) is 15.1. The van der Waals surface area contributed by atoms with Gasteiger partial charge in [0.2, 0.25) is 0 Å². The highest BCUT2D eigenvalue weighted by molar-refractivity contribution is 6.27. The third kappa shape index (κ3) is 4.54. The van der Waals surface area contributed by atoms with Gasteiger partial charge in [0.1, 0.15) is 0 Å². The first-order valence-corrected chi connectivity index (χ1v) is 19.5. The first-order valence-electron chi connectivity index (χ1n) is 19.5. The highest BCUT2D eigenvalue weighted by Crippen LogP contribution is 2.47. The van der Waals surface area contributed by atoms with Crippen LogP contribution >= 0.6 is 0 Å². The van der Waals surface area contributed by atoms with Crippen molar-refractivity contribution >= 4 is 64.6 Å². The summed E-state index contributed by atoms with van der Waals surface area (Å²) >= 11 is 0. The van der Waals surface area contributed by atoms with Crippen LogP contribution in [0.5, 0.6) is 0 Å². The van der Waals surface area contributed by atoms with Crippen LogP contribution in [0, 0.1) is 0 Å². The molecule has 0 fully saturated rings. The molecule has 0 radical (unpaired) electrons. The van der Waals surface area contributed by atoms with Gasteiger partial charge in [-0.1, -0.05) is 206 Å². The zero-order valence-corrected chi connectivity index (χ0v) is 30.6. The van der Waals surface area contributed by atoms with Gasteiger partial charge in [-0.05, 0) is 120 Å². The van der Waals surface area contributed by atoms with Crippen molar-refractivity contribution in [2.75, 3.05) is 0 Å². The lowest BCUT2D eigenvalue weighted by Crippen LogP contribution is -1.94. The maximum absolute atomic E-state index is 2.33. The molecule has 0 atom stereocenters. The van der Waals surface area contributed by atoms with E-state index >= 15 is 0 Å². The van der Waals surface area contributed by atoms with Crippen LogP contribution in [0.1, 0.15) is 0 Å². The lowest BCUT2D eigenvalue weighted by Gasteiger charge is -2.20. The molecule has 56 heavy (non-hydrogen) atoms. The zero-order chi connectivity index (χ0) is 36.7. The number of hydrogen-bond donors (Lipinski definition) is 0.